The van der Waals surface area contributed by atoms with E-state index in [0.29, 0.717) is 10.3 Å². The molecule has 0 aliphatic carbocycles. The van der Waals surface area contributed by atoms with E-state index in [0.717, 1.165) is 22.1 Å². The summed E-state index contributed by atoms with van der Waals surface area (Å²) in [4.78, 5) is 23.6. The molecule has 3 aromatic rings. The van der Waals surface area contributed by atoms with Crippen molar-refractivity contribution < 1.29 is 4.79 Å². The maximum absolute atomic E-state index is 12.1. The molecule has 0 N–H and O–H groups in total. The Hall–Kier alpha value is -2.20. The van der Waals surface area contributed by atoms with Crippen LogP contribution in [0.1, 0.15) is 9.67 Å². The summed E-state index contributed by atoms with van der Waals surface area (Å²) in [6.45, 7) is 0. The summed E-state index contributed by atoms with van der Waals surface area (Å²) in [5.74, 6) is 0. The third kappa shape index (κ3) is 1.90. The van der Waals surface area contributed by atoms with E-state index in [9.17, 15) is 9.59 Å². The maximum atomic E-state index is 12.1. The van der Waals surface area contributed by atoms with E-state index in [1.807, 2.05) is 36.5 Å². The molecule has 94 valence electrons. The van der Waals surface area contributed by atoms with Gasteiger partial charge in [-0.2, -0.15) is 0 Å². The first-order valence-electron chi connectivity index (χ1n) is 5.84. The van der Waals surface area contributed by atoms with Gasteiger partial charge in [-0.05, 0) is 11.6 Å². The van der Waals surface area contributed by atoms with Gasteiger partial charge in [0.1, 0.15) is 0 Å². The molecule has 0 spiro atoms. The van der Waals surface area contributed by atoms with Gasteiger partial charge < -0.3 is 4.57 Å². The molecule has 1 aromatic carbocycles. The number of nitrogens with zero attached hydrogens (tertiary/aromatic N) is 1. The van der Waals surface area contributed by atoms with Gasteiger partial charge in [0.15, 0.2) is 6.29 Å². The number of aldehydes is 1. The Kier molecular flexibility index (Phi) is 2.80. The van der Waals surface area contributed by atoms with Gasteiger partial charge in [-0.1, -0.05) is 30.3 Å². The Balaban J connectivity index is 2.42. The molecule has 3 nitrogen and oxygen atoms in total. The first kappa shape index (κ1) is 11.9. The second-order valence-electron chi connectivity index (χ2n) is 4.33. The summed E-state index contributed by atoms with van der Waals surface area (Å²) in [5, 5.41) is 0.607. The third-order valence-corrected chi connectivity index (χ3v) is 4.16. The van der Waals surface area contributed by atoms with Gasteiger partial charge in [0.05, 0.1) is 10.3 Å². The van der Waals surface area contributed by atoms with Crippen molar-refractivity contribution in [1.29, 1.82) is 0 Å². The molecule has 0 unspecified atom stereocenters. The van der Waals surface area contributed by atoms with Crippen molar-refractivity contribution in [2.24, 2.45) is 7.05 Å². The largest absolute Gasteiger partial charge is 0.317 e. The highest BCUT2D eigenvalue weighted by molar-refractivity contribution is 7.21. The van der Waals surface area contributed by atoms with Crippen LogP contribution < -0.4 is 5.56 Å². The number of pyridine rings is 1. The summed E-state index contributed by atoms with van der Waals surface area (Å²) >= 11 is 1.36. The van der Waals surface area contributed by atoms with Crippen LogP contribution in [0.2, 0.25) is 0 Å². The zero-order valence-electron chi connectivity index (χ0n) is 10.3. The highest BCUT2D eigenvalue weighted by Crippen LogP contribution is 2.32. The highest BCUT2D eigenvalue weighted by Gasteiger charge is 2.12. The van der Waals surface area contributed by atoms with Gasteiger partial charge in [0, 0.05) is 23.5 Å². The van der Waals surface area contributed by atoms with Crippen molar-refractivity contribution in [3.8, 4) is 11.1 Å². The molecule has 0 bridgehead atoms. The van der Waals surface area contributed by atoms with Gasteiger partial charge in [-0.25, -0.2) is 0 Å². The van der Waals surface area contributed by atoms with Gasteiger partial charge in [-0.15, -0.1) is 11.3 Å². The average molecular weight is 269 g/mol. The number of aromatic nitrogens is 1. The average Bonchev–Trinajstić information content (AvgIpc) is 2.88. The van der Waals surface area contributed by atoms with Crippen molar-refractivity contribution in [3.63, 3.8) is 0 Å². The van der Waals surface area contributed by atoms with Gasteiger partial charge in [0.25, 0.3) is 5.56 Å². The Bertz CT molecular complexity index is 815. The zero-order chi connectivity index (χ0) is 13.4. The molecule has 0 radical (unpaired) electrons. The van der Waals surface area contributed by atoms with E-state index in [-0.39, 0.29) is 5.56 Å². The lowest BCUT2D eigenvalue weighted by atomic mass is 10.1. The lowest BCUT2D eigenvalue weighted by Crippen LogP contribution is -2.15. The summed E-state index contributed by atoms with van der Waals surface area (Å²) in [5.41, 5.74) is 1.96. The normalized spacial score (nSPS) is 10.8. The van der Waals surface area contributed by atoms with Gasteiger partial charge in [-0.3, -0.25) is 9.59 Å². The lowest BCUT2D eigenvalue weighted by molar-refractivity contribution is 0.112. The SMILES string of the molecule is Cn1cc(-c2ccccc2)c2sc(C=O)cc2c1=O. The van der Waals surface area contributed by atoms with Crippen LogP contribution in [0.4, 0.5) is 0 Å². The molecule has 3 rings (SSSR count). The minimum atomic E-state index is -0.0703. The molecule has 0 fully saturated rings. The highest BCUT2D eigenvalue weighted by atomic mass is 32.1. The van der Waals surface area contributed by atoms with E-state index >= 15 is 0 Å². The van der Waals surface area contributed by atoms with Gasteiger partial charge in [0.2, 0.25) is 0 Å². The molecule has 0 aliphatic rings. The molecule has 2 aromatic heterocycles. The summed E-state index contributed by atoms with van der Waals surface area (Å²) in [7, 11) is 1.73. The van der Waals surface area contributed by atoms with Crippen LogP contribution in [0.3, 0.4) is 0 Å². The van der Waals surface area contributed by atoms with E-state index in [4.69, 9.17) is 0 Å². The van der Waals surface area contributed by atoms with E-state index < -0.39 is 0 Å². The molecule has 19 heavy (non-hydrogen) atoms. The van der Waals surface area contributed by atoms with Crippen LogP contribution in [0.5, 0.6) is 0 Å². The van der Waals surface area contributed by atoms with Gasteiger partial charge >= 0.3 is 0 Å². The number of hydrogen-bond acceptors (Lipinski definition) is 3. The quantitative estimate of drug-likeness (QED) is 0.671. The molecular weight excluding hydrogens is 258 g/mol. The van der Waals surface area contributed by atoms with E-state index in [2.05, 4.69) is 0 Å². The Labute approximate surface area is 113 Å². The molecule has 0 atom stereocenters. The molecule has 0 aliphatic heterocycles. The van der Waals surface area contributed by atoms with E-state index in [1.165, 1.54) is 11.3 Å². The van der Waals surface area contributed by atoms with Crippen LogP contribution in [0.15, 0.2) is 47.4 Å². The predicted octanol–water partition coefficient (Wildman–Crippen LogP) is 3.08. The number of thiophene rings is 1. The summed E-state index contributed by atoms with van der Waals surface area (Å²) in [6, 6.07) is 11.5. The Morgan fingerprint density at radius 2 is 1.95 bits per heavy atom. The fourth-order valence-electron chi connectivity index (χ4n) is 2.15. The number of benzene rings is 1. The van der Waals surface area contributed by atoms with E-state index in [1.54, 1.807) is 17.7 Å². The first-order chi connectivity index (χ1) is 9.20. The van der Waals surface area contributed by atoms with Crippen molar-refractivity contribution >= 4 is 27.7 Å². The Morgan fingerprint density at radius 1 is 1.21 bits per heavy atom. The molecule has 0 saturated carbocycles. The maximum Gasteiger partial charge on any atom is 0.259 e. The molecule has 0 amide bonds. The molecular formula is C15H11NO2S. The number of hydrogen-bond donors (Lipinski definition) is 0. The number of carbonyl (C=O) groups excluding carboxylic acids is 1. The zero-order valence-corrected chi connectivity index (χ0v) is 11.1. The number of rotatable bonds is 2. The topological polar surface area (TPSA) is 39.1 Å². The number of aryl methyl sites for hydroxylation is 1. The smallest absolute Gasteiger partial charge is 0.259 e. The summed E-state index contributed by atoms with van der Waals surface area (Å²) in [6.07, 6.45) is 2.62. The van der Waals surface area contributed by atoms with Crippen molar-refractivity contribution in [2.75, 3.05) is 0 Å². The minimum absolute atomic E-state index is 0.0703. The number of fused-ring (bicyclic) bond motifs is 1. The minimum Gasteiger partial charge on any atom is -0.317 e. The molecule has 2 heterocycles. The lowest BCUT2D eigenvalue weighted by Gasteiger charge is -2.06. The van der Waals surface area contributed by atoms with Crippen molar-refractivity contribution in [1.82, 2.24) is 4.57 Å². The van der Waals surface area contributed by atoms with Crippen LogP contribution >= 0.6 is 11.3 Å². The third-order valence-electron chi connectivity index (χ3n) is 3.07. The summed E-state index contributed by atoms with van der Waals surface area (Å²) < 4.78 is 2.43. The standard InChI is InChI=1S/C15H11NO2S/c1-16-8-13(10-5-3-2-4-6-10)14-12(15(16)18)7-11(9-17)19-14/h2-9H,1H3. The van der Waals surface area contributed by atoms with Crippen molar-refractivity contribution in [2.45, 2.75) is 0 Å². The van der Waals surface area contributed by atoms with Crippen LogP contribution in [-0.4, -0.2) is 10.9 Å². The molecule has 0 saturated heterocycles. The Morgan fingerprint density at radius 3 is 2.63 bits per heavy atom. The number of carbonyl (C=O) groups is 1. The predicted molar refractivity (Wildman–Crippen MR) is 77.9 cm³/mol. The monoisotopic (exact) mass is 269 g/mol. The fourth-order valence-corrected chi connectivity index (χ4v) is 3.15. The fraction of sp³-hybridized carbons (Fsp3) is 0.0667. The first-order valence-corrected chi connectivity index (χ1v) is 6.66. The molecule has 4 heteroatoms. The second-order valence-corrected chi connectivity index (χ2v) is 5.42. The van der Waals surface area contributed by atoms with Crippen LogP contribution in [-0.2, 0) is 7.05 Å². The second kappa shape index (κ2) is 4.48. The van der Waals surface area contributed by atoms with Crippen LogP contribution in [0, 0.1) is 0 Å². The van der Waals surface area contributed by atoms with Crippen LogP contribution in [0.25, 0.3) is 21.2 Å². The van der Waals surface area contributed by atoms with Crippen molar-refractivity contribution in [3.05, 3.63) is 57.8 Å².